The first-order chi connectivity index (χ1) is 7.24. The summed E-state index contributed by atoms with van der Waals surface area (Å²) in [6.45, 7) is 0.604. The molecule has 0 radical (unpaired) electrons. The number of carbonyl (C=O) groups is 1. The van der Waals surface area contributed by atoms with E-state index in [9.17, 15) is 4.79 Å². The van der Waals surface area contributed by atoms with Gasteiger partial charge in [-0.25, -0.2) is 0 Å². The summed E-state index contributed by atoms with van der Waals surface area (Å²) < 4.78 is 5.29. The highest BCUT2D eigenvalue weighted by Crippen LogP contribution is 2.00. The van der Waals surface area contributed by atoms with Crippen molar-refractivity contribution in [3.8, 4) is 0 Å². The molecule has 0 saturated carbocycles. The lowest BCUT2D eigenvalue weighted by molar-refractivity contribution is -0.141. The van der Waals surface area contributed by atoms with Gasteiger partial charge in [0.05, 0.1) is 13.2 Å². The van der Waals surface area contributed by atoms with Crippen LogP contribution in [0.2, 0.25) is 0 Å². The highest BCUT2D eigenvalue weighted by atomic mass is 16.5. The van der Waals surface area contributed by atoms with Crippen molar-refractivity contribution in [3.63, 3.8) is 0 Å². The van der Waals surface area contributed by atoms with Crippen LogP contribution in [0, 0.1) is 0 Å². The highest BCUT2D eigenvalue weighted by Gasteiger charge is 2.14. The number of hydrogen-bond acceptors (Lipinski definition) is 3. The molecule has 2 N–H and O–H groups in total. The Kier molecular flexibility index (Phi) is 4.80. The fourth-order valence-electron chi connectivity index (χ4n) is 1.15. The fraction of sp³-hybridized carbons (Fsp3) is 0.364. The maximum atomic E-state index is 10.6. The Hall–Kier alpha value is -1.39. The molecule has 0 saturated heterocycles. The lowest BCUT2D eigenvalue weighted by atomic mass is 10.2. The van der Waals surface area contributed by atoms with E-state index in [1.54, 1.807) is 7.05 Å². The maximum absolute atomic E-state index is 10.6. The van der Waals surface area contributed by atoms with E-state index < -0.39 is 12.0 Å². The second-order valence-electron chi connectivity index (χ2n) is 3.18. The summed E-state index contributed by atoms with van der Waals surface area (Å²) in [6.07, 6.45) is 0. The molecular weight excluding hydrogens is 194 g/mol. The van der Waals surface area contributed by atoms with Gasteiger partial charge in [-0.15, -0.1) is 0 Å². The number of rotatable bonds is 6. The fourth-order valence-corrected chi connectivity index (χ4v) is 1.15. The van der Waals surface area contributed by atoms with Crippen LogP contribution in [0.15, 0.2) is 30.3 Å². The summed E-state index contributed by atoms with van der Waals surface area (Å²) in [5.74, 6) is -0.898. The molecule has 0 aliphatic rings. The van der Waals surface area contributed by atoms with Crippen molar-refractivity contribution in [2.24, 2.45) is 0 Å². The third-order valence-electron chi connectivity index (χ3n) is 2.04. The third kappa shape index (κ3) is 4.10. The zero-order chi connectivity index (χ0) is 11.1. The summed E-state index contributed by atoms with van der Waals surface area (Å²) in [5, 5.41) is 11.4. The Balaban J connectivity index is 2.30. The molecular formula is C11H15NO3. The molecule has 0 aromatic heterocycles. The minimum atomic E-state index is -0.898. The van der Waals surface area contributed by atoms with E-state index in [-0.39, 0.29) is 6.61 Å². The molecule has 0 aliphatic carbocycles. The molecule has 0 spiro atoms. The van der Waals surface area contributed by atoms with Gasteiger partial charge in [-0.3, -0.25) is 4.79 Å². The van der Waals surface area contributed by atoms with Crippen molar-refractivity contribution in [1.82, 2.24) is 5.32 Å². The molecule has 1 rings (SSSR count). The van der Waals surface area contributed by atoms with Gasteiger partial charge < -0.3 is 15.2 Å². The number of ether oxygens (including phenoxy) is 1. The first-order valence-electron chi connectivity index (χ1n) is 4.75. The van der Waals surface area contributed by atoms with Crippen molar-refractivity contribution < 1.29 is 14.6 Å². The van der Waals surface area contributed by atoms with Gasteiger partial charge in [0.2, 0.25) is 0 Å². The first-order valence-corrected chi connectivity index (χ1v) is 4.75. The van der Waals surface area contributed by atoms with Gasteiger partial charge in [0.25, 0.3) is 0 Å². The largest absolute Gasteiger partial charge is 0.480 e. The third-order valence-corrected chi connectivity index (χ3v) is 2.04. The summed E-state index contributed by atoms with van der Waals surface area (Å²) in [7, 11) is 1.60. The van der Waals surface area contributed by atoms with Crippen LogP contribution in [-0.2, 0) is 16.1 Å². The van der Waals surface area contributed by atoms with Crippen LogP contribution in [0.3, 0.4) is 0 Å². The van der Waals surface area contributed by atoms with E-state index in [1.165, 1.54) is 0 Å². The number of aliphatic carboxylic acids is 1. The molecule has 1 aromatic rings. The van der Waals surface area contributed by atoms with Crippen molar-refractivity contribution in [2.45, 2.75) is 12.6 Å². The minimum absolute atomic E-state index is 0.167. The van der Waals surface area contributed by atoms with E-state index in [1.807, 2.05) is 30.3 Å². The molecule has 0 heterocycles. The van der Waals surface area contributed by atoms with E-state index in [0.29, 0.717) is 6.61 Å². The summed E-state index contributed by atoms with van der Waals surface area (Å²) in [4.78, 5) is 10.6. The van der Waals surface area contributed by atoms with Crippen LogP contribution in [0.5, 0.6) is 0 Å². The van der Waals surface area contributed by atoms with Crippen molar-refractivity contribution >= 4 is 5.97 Å². The number of carboxylic acid groups (broad SMARTS) is 1. The summed E-state index contributed by atoms with van der Waals surface area (Å²) in [6, 6.07) is 9.01. The Morgan fingerprint density at radius 1 is 1.47 bits per heavy atom. The zero-order valence-corrected chi connectivity index (χ0v) is 8.64. The maximum Gasteiger partial charge on any atom is 0.323 e. The molecule has 82 valence electrons. The Morgan fingerprint density at radius 3 is 2.67 bits per heavy atom. The van der Waals surface area contributed by atoms with Crippen LogP contribution >= 0.6 is 0 Å². The topological polar surface area (TPSA) is 58.6 Å². The van der Waals surface area contributed by atoms with Crippen LogP contribution in [0.25, 0.3) is 0 Å². The number of nitrogens with one attached hydrogen (secondary N) is 1. The van der Waals surface area contributed by atoms with E-state index in [2.05, 4.69) is 5.32 Å². The van der Waals surface area contributed by atoms with Gasteiger partial charge in [0.15, 0.2) is 0 Å². The van der Waals surface area contributed by atoms with Crippen LogP contribution in [0.4, 0.5) is 0 Å². The van der Waals surface area contributed by atoms with E-state index in [4.69, 9.17) is 9.84 Å². The van der Waals surface area contributed by atoms with Gasteiger partial charge in [0, 0.05) is 0 Å². The number of benzene rings is 1. The molecule has 0 fully saturated rings. The van der Waals surface area contributed by atoms with Crippen LogP contribution < -0.4 is 5.32 Å². The second kappa shape index (κ2) is 6.16. The number of hydrogen-bond donors (Lipinski definition) is 2. The molecule has 0 bridgehead atoms. The molecule has 4 heteroatoms. The van der Waals surface area contributed by atoms with E-state index >= 15 is 0 Å². The van der Waals surface area contributed by atoms with Crippen molar-refractivity contribution in [3.05, 3.63) is 35.9 Å². The van der Waals surface area contributed by atoms with Crippen molar-refractivity contribution in [2.75, 3.05) is 13.7 Å². The predicted octanol–water partition coefficient (Wildman–Crippen LogP) is 0.876. The SMILES string of the molecule is CN[C@H](COCc1ccccc1)C(=O)O. The quantitative estimate of drug-likeness (QED) is 0.730. The van der Waals surface area contributed by atoms with Gasteiger partial charge in [0.1, 0.15) is 6.04 Å². The minimum Gasteiger partial charge on any atom is -0.480 e. The van der Waals surface area contributed by atoms with E-state index in [0.717, 1.165) is 5.56 Å². The van der Waals surface area contributed by atoms with Crippen LogP contribution in [0.1, 0.15) is 5.56 Å². The number of carboxylic acids is 1. The summed E-state index contributed by atoms with van der Waals surface area (Å²) in [5.41, 5.74) is 1.04. The highest BCUT2D eigenvalue weighted by molar-refractivity contribution is 5.73. The van der Waals surface area contributed by atoms with Gasteiger partial charge >= 0.3 is 5.97 Å². The molecule has 0 aliphatic heterocycles. The van der Waals surface area contributed by atoms with Crippen molar-refractivity contribution in [1.29, 1.82) is 0 Å². The standard InChI is InChI=1S/C11H15NO3/c1-12-10(11(13)14)8-15-7-9-5-3-2-4-6-9/h2-6,10,12H,7-8H2,1H3,(H,13,14)/t10-/m1/s1. The molecule has 0 amide bonds. The molecule has 0 unspecified atom stereocenters. The second-order valence-corrected chi connectivity index (χ2v) is 3.18. The normalized spacial score (nSPS) is 12.3. The average molecular weight is 209 g/mol. The zero-order valence-electron chi connectivity index (χ0n) is 8.64. The van der Waals surface area contributed by atoms with Crippen LogP contribution in [-0.4, -0.2) is 30.8 Å². The average Bonchev–Trinajstić information content (AvgIpc) is 2.25. The molecule has 1 atom stereocenters. The Bertz CT molecular complexity index is 300. The monoisotopic (exact) mass is 209 g/mol. The smallest absolute Gasteiger partial charge is 0.323 e. The Labute approximate surface area is 88.9 Å². The van der Waals surface area contributed by atoms with Gasteiger partial charge in [-0.2, -0.15) is 0 Å². The molecule has 15 heavy (non-hydrogen) atoms. The summed E-state index contributed by atoms with van der Waals surface area (Å²) >= 11 is 0. The van der Waals surface area contributed by atoms with Gasteiger partial charge in [-0.05, 0) is 12.6 Å². The predicted molar refractivity (Wildman–Crippen MR) is 56.6 cm³/mol. The lowest BCUT2D eigenvalue weighted by Gasteiger charge is -2.11. The van der Waals surface area contributed by atoms with Gasteiger partial charge in [-0.1, -0.05) is 30.3 Å². The Morgan fingerprint density at radius 2 is 2.13 bits per heavy atom. The number of likely N-dealkylation sites (N-methyl/N-ethyl adjacent to an activating group) is 1. The molecule has 4 nitrogen and oxygen atoms in total. The lowest BCUT2D eigenvalue weighted by Crippen LogP contribution is -2.37. The molecule has 1 aromatic carbocycles. The first kappa shape index (κ1) is 11.7.